The SMILES string of the molecule is O=C(O)C(CCO)Sc1ccccc1. The normalized spacial score (nSPS) is 12.4. The first-order valence-electron chi connectivity index (χ1n) is 4.29. The molecule has 3 nitrogen and oxygen atoms in total. The Balaban J connectivity index is 2.60. The van der Waals surface area contributed by atoms with E-state index >= 15 is 0 Å². The van der Waals surface area contributed by atoms with E-state index in [0.717, 1.165) is 4.90 Å². The Hall–Kier alpha value is -1.00. The smallest absolute Gasteiger partial charge is 0.317 e. The molecule has 2 N–H and O–H groups in total. The van der Waals surface area contributed by atoms with Gasteiger partial charge in [-0.25, -0.2) is 0 Å². The minimum atomic E-state index is -0.882. The summed E-state index contributed by atoms with van der Waals surface area (Å²) < 4.78 is 0. The summed E-state index contributed by atoms with van der Waals surface area (Å²) in [5, 5.41) is 17.0. The third-order valence-corrected chi connectivity index (χ3v) is 2.95. The van der Waals surface area contributed by atoms with Crippen molar-refractivity contribution < 1.29 is 15.0 Å². The molecule has 1 atom stereocenters. The molecule has 0 spiro atoms. The van der Waals surface area contributed by atoms with Gasteiger partial charge in [-0.3, -0.25) is 4.79 Å². The molecule has 0 aliphatic heterocycles. The molecule has 0 aliphatic carbocycles. The van der Waals surface area contributed by atoms with E-state index in [0.29, 0.717) is 0 Å². The molecule has 0 aromatic heterocycles. The lowest BCUT2D eigenvalue weighted by Gasteiger charge is -2.09. The van der Waals surface area contributed by atoms with Gasteiger partial charge in [-0.05, 0) is 18.6 Å². The minimum absolute atomic E-state index is 0.100. The quantitative estimate of drug-likeness (QED) is 0.728. The highest BCUT2D eigenvalue weighted by Crippen LogP contribution is 2.24. The predicted molar refractivity (Wildman–Crippen MR) is 55.4 cm³/mol. The first-order valence-corrected chi connectivity index (χ1v) is 5.17. The Morgan fingerprint density at radius 2 is 2.00 bits per heavy atom. The second-order valence-electron chi connectivity index (χ2n) is 2.77. The monoisotopic (exact) mass is 212 g/mol. The maximum atomic E-state index is 10.8. The van der Waals surface area contributed by atoms with Crippen molar-refractivity contribution in [3.63, 3.8) is 0 Å². The van der Waals surface area contributed by atoms with Crippen molar-refractivity contribution in [3.05, 3.63) is 30.3 Å². The summed E-state index contributed by atoms with van der Waals surface area (Å²) in [4.78, 5) is 11.7. The van der Waals surface area contributed by atoms with Gasteiger partial charge in [-0.2, -0.15) is 0 Å². The summed E-state index contributed by atoms with van der Waals surface area (Å²) in [6, 6.07) is 9.32. The van der Waals surface area contributed by atoms with E-state index in [4.69, 9.17) is 10.2 Å². The molecule has 1 aromatic rings. The number of benzene rings is 1. The number of hydrogen-bond donors (Lipinski definition) is 2. The van der Waals surface area contributed by atoms with E-state index in [1.165, 1.54) is 11.8 Å². The number of carboxylic acid groups (broad SMARTS) is 1. The first kappa shape index (κ1) is 11.1. The first-order chi connectivity index (χ1) is 6.74. The summed E-state index contributed by atoms with van der Waals surface area (Å²) >= 11 is 1.26. The summed E-state index contributed by atoms with van der Waals surface area (Å²) in [5.74, 6) is -0.882. The number of hydrogen-bond acceptors (Lipinski definition) is 3. The van der Waals surface area contributed by atoms with Crippen LogP contribution in [-0.4, -0.2) is 28.0 Å². The number of aliphatic hydroxyl groups excluding tert-OH is 1. The number of carbonyl (C=O) groups is 1. The maximum Gasteiger partial charge on any atom is 0.317 e. The van der Waals surface area contributed by atoms with Crippen LogP contribution < -0.4 is 0 Å². The van der Waals surface area contributed by atoms with Crippen LogP contribution in [0.5, 0.6) is 0 Å². The van der Waals surface area contributed by atoms with Crippen molar-refractivity contribution >= 4 is 17.7 Å². The predicted octanol–water partition coefficient (Wildman–Crippen LogP) is 1.61. The molecule has 1 rings (SSSR count). The minimum Gasteiger partial charge on any atom is -0.480 e. The second kappa shape index (κ2) is 5.67. The Morgan fingerprint density at radius 3 is 2.50 bits per heavy atom. The molecule has 0 heterocycles. The van der Waals surface area contributed by atoms with E-state index in [1.54, 1.807) is 0 Å². The van der Waals surface area contributed by atoms with Crippen molar-refractivity contribution in [2.75, 3.05) is 6.61 Å². The Morgan fingerprint density at radius 1 is 1.36 bits per heavy atom. The molecule has 4 heteroatoms. The van der Waals surface area contributed by atoms with Gasteiger partial charge in [0.1, 0.15) is 5.25 Å². The molecule has 1 unspecified atom stereocenters. The Labute approximate surface area is 86.8 Å². The van der Waals surface area contributed by atoms with Crippen LogP contribution in [0.4, 0.5) is 0 Å². The molecular formula is C10H12O3S. The fraction of sp³-hybridized carbons (Fsp3) is 0.300. The van der Waals surface area contributed by atoms with Crippen molar-refractivity contribution in [1.82, 2.24) is 0 Å². The number of aliphatic hydroxyl groups is 1. The zero-order valence-corrected chi connectivity index (χ0v) is 8.41. The molecule has 0 saturated carbocycles. The summed E-state index contributed by atoms with van der Waals surface area (Å²) in [5.41, 5.74) is 0. The van der Waals surface area contributed by atoms with Gasteiger partial charge in [0, 0.05) is 11.5 Å². The van der Waals surface area contributed by atoms with Crippen LogP contribution in [0.1, 0.15) is 6.42 Å². The Bertz CT molecular complexity index is 287. The fourth-order valence-corrected chi connectivity index (χ4v) is 1.98. The lowest BCUT2D eigenvalue weighted by atomic mass is 10.3. The van der Waals surface area contributed by atoms with Crippen LogP contribution in [0.25, 0.3) is 0 Å². The third-order valence-electron chi connectivity index (χ3n) is 1.69. The molecule has 1 aromatic carbocycles. The highest BCUT2D eigenvalue weighted by molar-refractivity contribution is 8.00. The molecule has 0 radical (unpaired) electrons. The number of carboxylic acids is 1. The number of rotatable bonds is 5. The van der Waals surface area contributed by atoms with Gasteiger partial charge in [0.25, 0.3) is 0 Å². The number of aliphatic carboxylic acids is 1. The molecule has 0 amide bonds. The van der Waals surface area contributed by atoms with E-state index in [2.05, 4.69) is 0 Å². The van der Waals surface area contributed by atoms with Crippen molar-refractivity contribution in [1.29, 1.82) is 0 Å². The van der Waals surface area contributed by atoms with Gasteiger partial charge in [-0.1, -0.05) is 18.2 Å². The highest BCUT2D eigenvalue weighted by Gasteiger charge is 2.17. The van der Waals surface area contributed by atoms with Crippen LogP contribution >= 0.6 is 11.8 Å². The van der Waals surface area contributed by atoms with Gasteiger partial charge >= 0.3 is 5.97 Å². The van der Waals surface area contributed by atoms with Crippen LogP contribution in [0.3, 0.4) is 0 Å². The summed E-state index contributed by atoms with van der Waals surface area (Å²) in [6.45, 7) is -0.100. The van der Waals surface area contributed by atoms with E-state index in [9.17, 15) is 4.79 Å². The maximum absolute atomic E-state index is 10.8. The van der Waals surface area contributed by atoms with Gasteiger partial charge in [-0.15, -0.1) is 11.8 Å². The van der Waals surface area contributed by atoms with Gasteiger partial charge in [0.15, 0.2) is 0 Å². The number of thioether (sulfide) groups is 1. The van der Waals surface area contributed by atoms with Gasteiger partial charge in [0.2, 0.25) is 0 Å². The van der Waals surface area contributed by atoms with Crippen molar-refractivity contribution in [2.45, 2.75) is 16.6 Å². The fourth-order valence-electron chi connectivity index (χ4n) is 1.01. The molecular weight excluding hydrogens is 200 g/mol. The van der Waals surface area contributed by atoms with Gasteiger partial charge in [0.05, 0.1) is 0 Å². The van der Waals surface area contributed by atoms with Crippen LogP contribution in [0.15, 0.2) is 35.2 Å². The average molecular weight is 212 g/mol. The topological polar surface area (TPSA) is 57.5 Å². The van der Waals surface area contributed by atoms with Crippen molar-refractivity contribution in [3.8, 4) is 0 Å². The average Bonchev–Trinajstić information content (AvgIpc) is 2.18. The molecule has 14 heavy (non-hydrogen) atoms. The van der Waals surface area contributed by atoms with E-state index < -0.39 is 11.2 Å². The van der Waals surface area contributed by atoms with Crippen LogP contribution in [0.2, 0.25) is 0 Å². The second-order valence-corrected chi connectivity index (χ2v) is 4.05. The third kappa shape index (κ3) is 3.40. The molecule has 0 fully saturated rings. The lowest BCUT2D eigenvalue weighted by Crippen LogP contribution is -2.17. The standard InChI is InChI=1S/C10H12O3S/c11-7-6-9(10(12)13)14-8-4-2-1-3-5-8/h1-5,9,11H,6-7H2,(H,12,13). The Kier molecular flexibility index (Phi) is 4.49. The summed E-state index contributed by atoms with van der Waals surface area (Å²) in [6.07, 6.45) is 0.273. The van der Waals surface area contributed by atoms with E-state index in [-0.39, 0.29) is 13.0 Å². The van der Waals surface area contributed by atoms with Gasteiger partial charge < -0.3 is 10.2 Å². The van der Waals surface area contributed by atoms with Crippen LogP contribution in [0, 0.1) is 0 Å². The summed E-state index contributed by atoms with van der Waals surface area (Å²) in [7, 11) is 0. The highest BCUT2D eigenvalue weighted by atomic mass is 32.2. The van der Waals surface area contributed by atoms with Crippen LogP contribution in [-0.2, 0) is 4.79 Å². The molecule has 76 valence electrons. The molecule has 0 bridgehead atoms. The molecule has 0 aliphatic rings. The zero-order chi connectivity index (χ0) is 10.4. The zero-order valence-electron chi connectivity index (χ0n) is 7.59. The lowest BCUT2D eigenvalue weighted by molar-refractivity contribution is -0.136. The molecule has 0 saturated heterocycles. The van der Waals surface area contributed by atoms with Crippen molar-refractivity contribution in [2.24, 2.45) is 0 Å². The largest absolute Gasteiger partial charge is 0.480 e. The van der Waals surface area contributed by atoms with E-state index in [1.807, 2.05) is 30.3 Å².